The molecule has 1 aromatic carbocycles. The third-order valence-corrected chi connectivity index (χ3v) is 4.11. The molecule has 1 amide bonds. The highest BCUT2D eigenvalue weighted by atomic mass is 16.4. The van der Waals surface area contributed by atoms with Gasteiger partial charge in [-0.2, -0.15) is 0 Å². The van der Waals surface area contributed by atoms with Crippen LogP contribution in [0.25, 0.3) is 0 Å². The first-order chi connectivity index (χ1) is 9.92. The number of aliphatic carboxylic acids is 1. The van der Waals surface area contributed by atoms with Crippen molar-refractivity contribution in [3.05, 3.63) is 29.8 Å². The van der Waals surface area contributed by atoms with Gasteiger partial charge < -0.3 is 15.3 Å². The Morgan fingerprint density at radius 3 is 2.33 bits per heavy atom. The van der Waals surface area contributed by atoms with Gasteiger partial charge >= 0.3 is 5.97 Å². The van der Waals surface area contributed by atoms with Gasteiger partial charge in [-0.3, -0.25) is 9.59 Å². The quantitative estimate of drug-likeness (QED) is 0.887. The zero-order valence-electron chi connectivity index (χ0n) is 12.6. The lowest BCUT2D eigenvalue weighted by Crippen LogP contribution is -2.49. The highest BCUT2D eigenvalue weighted by Crippen LogP contribution is 2.32. The third kappa shape index (κ3) is 3.61. The van der Waals surface area contributed by atoms with E-state index in [1.807, 2.05) is 26.0 Å². The van der Waals surface area contributed by atoms with Crippen LogP contribution < -0.4 is 10.2 Å². The Kier molecular flexibility index (Phi) is 4.63. The molecule has 1 fully saturated rings. The van der Waals surface area contributed by atoms with E-state index in [0.29, 0.717) is 5.69 Å². The van der Waals surface area contributed by atoms with Crippen molar-refractivity contribution < 1.29 is 14.7 Å². The van der Waals surface area contributed by atoms with E-state index in [1.165, 1.54) is 4.90 Å². The van der Waals surface area contributed by atoms with Gasteiger partial charge in [0.25, 0.3) is 0 Å². The molecule has 5 heteroatoms. The van der Waals surface area contributed by atoms with E-state index < -0.39 is 11.4 Å². The van der Waals surface area contributed by atoms with Crippen LogP contribution in [0.15, 0.2) is 24.3 Å². The van der Waals surface area contributed by atoms with Crippen LogP contribution in [0, 0.1) is 12.3 Å². The minimum absolute atomic E-state index is 0.102. The monoisotopic (exact) mass is 290 g/mol. The predicted molar refractivity (Wildman–Crippen MR) is 81.4 cm³/mol. The summed E-state index contributed by atoms with van der Waals surface area (Å²) in [6, 6.07) is 7.39. The molecule has 21 heavy (non-hydrogen) atoms. The molecule has 1 aromatic rings. The molecular weight excluding hydrogens is 268 g/mol. The summed E-state index contributed by atoms with van der Waals surface area (Å²) in [6.07, 6.45) is 1.46. The standard InChI is InChI=1S/C16H22N2O3/c1-12-3-5-13(6-4-12)18(11-14(19)20)15(21)16(2)7-9-17-10-8-16/h3-6,17H,7-11H2,1-2H3,(H,19,20). The Bertz CT molecular complexity index is 519. The number of rotatable bonds is 4. The highest BCUT2D eigenvalue weighted by molar-refractivity contribution is 6.00. The van der Waals surface area contributed by atoms with Gasteiger partial charge in [-0.1, -0.05) is 24.6 Å². The maximum absolute atomic E-state index is 12.9. The van der Waals surface area contributed by atoms with Crippen LogP contribution in [0.3, 0.4) is 0 Å². The summed E-state index contributed by atoms with van der Waals surface area (Å²) in [6.45, 7) is 5.17. The van der Waals surface area contributed by atoms with Crippen LogP contribution in [0.5, 0.6) is 0 Å². The second-order valence-corrected chi connectivity index (χ2v) is 5.93. The van der Waals surface area contributed by atoms with Gasteiger partial charge in [0.05, 0.1) is 0 Å². The van der Waals surface area contributed by atoms with Crippen molar-refractivity contribution >= 4 is 17.6 Å². The van der Waals surface area contributed by atoms with E-state index >= 15 is 0 Å². The zero-order valence-corrected chi connectivity index (χ0v) is 12.6. The number of nitrogens with zero attached hydrogens (tertiary/aromatic N) is 1. The summed E-state index contributed by atoms with van der Waals surface area (Å²) in [4.78, 5) is 25.4. The fraction of sp³-hybridized carbons (Fsp3) is 0.500. The van der Waals surface area contributed by atoms with Gasteiger partial charge in [0.15, 0.2) is 0 Å². The van der Waals surface area contributed by atoms with Gasteiger partial charge in [0.2, 0.25) is 5.91 Å². The molecule has 0 unspecified atom stereocenters. The number of aryl methyl sites for hydroxylation is 1. The van der Waals surface area contributed by atoms with Crippen molar-refractivity contribution in [2.75, 3.05) is 24.5 Å². The van der Waals surface area contributed by atoms with Crippen molar-refractivity contribution in [2.24, 2.45) is 5.41 Å². The van der Waals surface area contributed by atoms with Crippen LogP contribution in [-0.2, 0) is 9.59 Å². The summed E-state index contributed by atoms with van der Waals surface area (Å²) in [5.74, 6) is -1.10. The van der Waals surface area contributed by atoms with Crippen molar-refractivity contribution in [3.8, 4) is 0 Å². The number of amides is 1. The van der Waals surface area contributed by atoms with E-state index in [-0.39, 0.29) is 12.5 Å². The molecule has 2 N–H and O–H groups in total. The molecule has 1 heterocycles. The Labute approximate surface area is 125 Å². The van der Waals surface area contributed by atoms with Crippen LogP contribution in [0.1, 0.15) is 25.3 Å². The van der Waals surface area contributed by atoms with Crippen molar-refractivity contribution in [1.29, 1.82) is 0 Å². The first kappa shape index (κ1) is 15.5. The smallest absolute Gasteiger partial charge is 0.323 e. The van der Waals surface area contributed by atoms with E-state index in [1.54, 1.807) is 12.1 Å². The molecule has 0 radical (unpaired) electrons. The summed E-state index contributed by atoms with van der Waals surface area (Å²) in [7, 11) is 0. The molecular formula is C16H22N2O3. The Morgan fingerprint density at radius 1 is 1.24 bits per heavy atom. The number of carboxylic acids is 1. The highest BCUT2D eigenvalue weighted by Gasteiger charge is 2.38. The van der Waals surface area contributed by atoms with E-state index in [9.17, 15) is 9.59 Å². The van der Waals surface area contributed by atoms with Crippen LogP contribution in [0.2, 0.25) is 0 Å². The minimum Gasteiger partial charge on any atom is -0.480 e. The SMILES string of the molecule is Cc1ccc(N(CC(=O)O)C(=O)C2(C)CCNCC2)cc1. The topological polar surface area (TPSA) is 69.6 Å². The van der Waals surface area contributed by atoms with Crippen molar-refractivity contribution in [3.63, 3.8) is 0 Å². The number of hydrogen-bond acceptors (Lipinski definition) is 3. The average molecular weight is 290 g/mol. The summed E-state index contributed by atoms with van der Waals surface area (Å²) >= 11 is 0. The first-order valence-corrected chi connectivity index (χ1v) is 7.23. The number of carbonyl (C=O) groups is 2. The summed E-state index contributed by atoms with van der Waals surface area (Å²) in [5.41, 5.74) is 1.23. The van der Waals surface area contributed by atoms with Crippen LogP contribution >= 0.6 is 0 Å². The fourth-order valence-electron chi connectivity index (χ4n) is 2.66. The first-order valence-electron chi connectivity index (χ1n) is 7.23. The zero-order chi connectivity index (χ0) is 15.5. The molecule has 0 aromatic heterocycles. The second-order valence-electron chi connectivity index (χ2n) is 5.93. The largest absolute Gasteiger partial charge is 0.480 e. The Balaban J connectivity index is 2.28. The van der Waals surface area contributed by atoms with E-state index in [0.717, 1.165) is 31.5 Å². The normalized spacial score (nSPS) is 17.2. The van der Waals surface area contributed by atoms with Gasteiger partial charge in [-0.05, 0) is 45.0 Å². The number of benzene rings is 1. The number of anilines is 1. The molecule has 114 valence electrons. The lowest BCUT2D eigenvalue weighted by atomic mass is 9.79. The summed E-state index contributed by atoms with van der Waals surface area (Å²) < 4.78 is 0. The van der Waals surface area contributed by atoms with Crippen LogP contribution in [0.4, 0.5) is 5.69 Å². The maximum Gasteiger partial charge on any atom is 0.323 e. The Morgan fingerprint density at radius 2 is 1.81 bits per heavy atom. The maximum atomic E-state index is 12.9. The molecule has 0 bridgehead atoms. The van der Waals surface area contributed by atoms with Gasteiger partial charge in [-0.15, -0.1) is 0 Å². The van der Waals surface area contributed by atoms with Crippen LogP contribution in [-0.4, -0.2) is 36.6 Å². The Hall–Kier alpha value is -1.88. The number of carbonyl (C=O) groups excluding carboxylic acids is 1. The lowest BCUT2D eigenvalue weighted by molar-refractivity contribution is -0.138. The summed E-state index contributed by atoms with van der Waals surface area (Å²) in [5, 5.41) is 12.4. The van der Waals surface area contributed by atoms with Gasteiger partial charge in [0.1, 0.15) is 6.54 Å². The molecule has 2 rings (SSSR count). The van der Waals surface area contributed by atoms with Gasteiger partial charge in [-0.25, -0.2) is 0 Å². The lowest BCUT2D eigenvalue weighted by Gasteiger charge is -2.37. The molecule has 0 spiro atoms. The van der Waals surface area contributed by atoms with Crippen molar-refractivity contribution in [2.45, 2.75) is 26.7 Å². The second kappa shape index (κ2) is 6.26. The minimum atomic E-state index is -0.999. The predicted octanol–water partition coefficient (Wildman–Crippen LogP) is 1.80. The van der Waals surface area contributed by atoms with Gasteiger partial charge in [0, 0.05) is 11.1 Å². The fourth-order valence-corrected chi connectivity index (χ4v) is 2.66. The number of nitrogens with one attached hydrogen (secondary N) is 1. The molecule has 0 saturated carbocycles. The average Bonchev–Trinajstić information content (AvgIpc) is 2.46. The number of piperidine rings is 1. The molecule has 0 aliphatic carbocycles. The molecule has 5 nitrogen and oxygen atoms in total. The molecule has 1 aliphatic heterocycles. The third-order valence-electron chi connectivity index (χ3n) is 4.11. The number of carboxylic acid groups (broad SMARTS) is 1. The van der Waals surface area contributed by atoms with Crippen molar-refractivity contribution in [1.82, 2.24) is 5.32 Å². The molecule has 1 aliphatic rings. The van der Waals surface area contributed by atoms with E-state index in [2.05, 4.69) is 5.32 Å². The number of hydrogen-bond donors (Lipinski definition) is 2. The van der Waals surface area contributed by atoms with E-state index in [4.69, 9.17) is 5.11 Å². The molecule has 0 atom stereocenters. The molecule has 1 saturated heterocycles.